The van der Waals surface area contributed by atoms with E-state index in [0.717, 1.165) is 5.56 Å². The van der Waals surface area contributed by atoms with Gasteiger partial charge in [-0.25, -0.2) is 4.79 Å². The average molecular weight is 560 g/mol. The fourth-order valence-corrected chi connectivity index (χ4v) is 4.75. The van der Waals surface area contributed by atoms with Crippen molar-refractivity contribution in [1.82, 2.24) is 15.2 Å². The molecule has 3 N–H and O–H groups in total. The number of carboxylic acid groups (broad SMARTS) is 1. The summed E-state index contributed by atoms with van der Waals surface area (Å²) < 4.78 is 4.88. The van der Waals surface area contributed by atoms with Crippen molar-refractivity contribution >= 4 is 35.3 Å². The molecular weight excluding hydrogens is 526 g/mol. The molecule has 11 heteroatoms. The van der Waals surface area contributed by atoms with E-state index in [-0.39, 0.29) is 30.4 Å². The molecule has 0 radical (unpaired) electrons. The number of nitrogens with zero attached hydrogens (tertiary/aromatic N) is 3. The Morgan fingerprint density at radius 3 is 2.51 bits per heavy atom. The molecule has 3 aromatic rings. The van der Waals surface area contributed by atoms with Gasteiger partial charge in [-0.1, -0.05) is 36.4 Å². The molecule has 11 nitrogen and oxygen atoms in total. The number of carboxylic acids is 1. The molecule has 1 atom stereocenters. The number of carbonyl (C=O) groups is 4. The number of methoxy groups -OCH3 is 1. The lowest BCUT2D eigenvalue weighted by Crippen LogP contribution is -2.35. The van der Waals surface area contributed by atoms with E-state index in [1.54, 1.807) is 41.4 Å². The lowest BCUT2D eigenvalue weighted by molar-refractivity contribution is -0.137. The molecule has 3 amide bonds. The third-order valence-electron chi connectivity index (χ3n) is 6.78. The molecule has 41 heavy (non-hydrogen) atoms. The molecule has 1 aliphatic heterocycles. The number of aliphatic carboxylic acids is 1. The smallest absolute Gasteiger partial charge is 0.409 e. The standard InChI is InChI=1S/C30H33N5O6/c1-41-30(40)35-14-6-13-34(15-16-35)26-11-10-22(18-25(26)32-27(36)17-21-7-3-2-4-8-21)29(39)33-24(19-28(37)38)23-9-5-12-31-20-23/h2-5,7-12,18,20,24H,6,13-17,19H2,1H3,(H,32,36)(H,33,39)(H,37,38). The number of aromatic nitrogens is 1. The van der Waals surface area contributed by atoms with Crippen molar-refractivity contribution in [2.45, 2.75) is 25.3 Å². The molecule has 1 fully saturated rings. The lowest BCUT2D eigenvalue weighted by atomic mass is 10.0. The van der Waals surface area contributed by atoms with Gasteiger partial charge in [0, 0.05) is 44.1 Å². The number of amides is 3. The van der Waals surface area contributed by atoms with E-state index < -0.39 is 17.9 Å². The Bertz CT molecular complexity index is 1370. The Labute approximate surface area is 238 Å². The fraction of sp³-hybridized carbons (Fsp3) is 0.300. The van der Waals surface area contributed by atoms with Crippen molar-refractivity contribution in [1.29, 1.82) is 0 Å². The largest absolute Gasteiger partial charge is 0.481 e. The number of pyridine rings is 1. The van der Waals surface area contributed by atoms with E-state index in [1.165, 1.54) is 13.3 Å². The molecule has 0 aliphatic carbocycles. The first-order valence-corrected chi connectivity index (χ1v) is 13.3. The average Bonchev–Trinajstić information content (AvgIpc) is 3.23. The summed E-state index contributed by atoms with van der Waals surface area (Å²) in [5.74, 6) is -1.80. The van der Waals surface area contributed by atoms with Crippen LogP contribution >= 0.6 is 0 Å². The molecule has 1 saturated heterocycles. The summed E-state index contributed by atoms with van der Waals surface area (Å²) in [6.07, 6.45) is 3.22. The zero-order valence-corrected chi connectivity index (χ0v) is 22.8. The molecule has 0 spiro atoms. The Morgan fingerprint density at radius 1 is 1.00 bits per heavy atom. The quantitative estimate of drug-likeness (QED) is 0.362. The lowest BCUT2D eigenvalue weighted by Gasteiger charge is -2.26. The van der Waals surface area contributed by atoms with Crippen LogP contribution in [0.15, 0.2) is 73.1 Å². The van der Waals surface area contributed by atoms with Crippen molar-refractivity contribution in [3.8, 4) is 0 Å². The Balaban J connectivity index is 1.60. The number of nitrogens with one attached hydrogen (secondary N) is 2. The minimum absolute atomic E-state index is 0.147. The normalized spacial score (nSPS) is 14.0. The highest BCUT2D eigenvalue weighted by molar-refractivity contribution is 6.00. The fourth-order valence-electron chi connectivity index (χ4n) is 4.75. The Hall–Kier alpha value is -4.93. The van der Waals surface area contributed by atoms with Gasteiger partial charge in [-0.05, 0) is 41.8 Å². The monoisotopic (exact) mass is 559 g/mol. The number of anilines is 2. The zero-order valence-electron chi connectivity index (χ0n) is 22.8. The first-order chi connectivity index (χ1) is 19.8. The van der Waals surface area contributed by atoms with Gasteiger partial charge in [0.05, 0.1) is 37.4 Å². The van der Waals surface area contributed by atoms with Gasteiger partial charge in [-0.3, -0.25) is 19.4 Å². The van der Waals surface area contributed by atoms with E-state index in [1.807, 2.05) is 30.3 Å². The maximum Gasteiger partial charge on any atom is 0.409 e. The molecule has 2 heterocycles. The summed E-state index contributed by atoms with van der Waals surface area (Å²) in [7, 11) is 1.35. The summed E-state index contributed by atoms with van der Waals surface area (Å²) in [6, 6.07) is 16.9. The van der Waals surface area contributed by atoms with Crippen molar-refractivity contribution in [2.75, 3.05) is 43.5 Å². The first-order valence-electron chi connectivity index (χ1n) is 13.3. The third-order valence-corrected chi connectivity index (χ3v) is 6.78. The van der Waals surface area contributed by atoms with E-state index in [2.05, 4.69) is 20.5 Å². The second-order valence-electron chi connectivity index (χ2n) is 9.65. The van der Waals surface area contributed by atoms with E-state index in [9.17, 15) is 24.3 Å². The minimum atomic E-state index is -1.06. The van der Waals surface area contributed by atoms with Crippen LogP contribution in [-0.2, 0) is 20.7 Å². The van der Waals surface area contributed by atoms with Crippen molar-refractivity contribution in [3.05, 3.63) is 89.7 Å². The molecule has 4 rings (SSSR count). The predicted octanol–water partition coefficient (Wildman–Crippen LogP) is 3.49. The highest BCUT2D eigenvalue weighted by atomic mass is 16.5. The second-order valence-corrected chi connectivity index (χ2v) is 9.65. The summed E-state index contributed by atoms with van der Waals surface area (Å²) >= 11 is 0. The van der Waals surface area contributed by atoms with Crippen LogP contribution in [0.5, 0.6) is 0 Å². The number of rotatable bonds is 9. The Kier molecular flexibility index (Phi) is 9.87. The van der Waals surface area contributed by atoms with Gasteiger partial charge in [-0.2, -0.15) is 0 Å². The van der Waals surface area contributed by atoms with E-state index in [0.29, 0.717) is 49.5 Å². The molecule has 0 bridgehead atoms. The van der Waals surface area contributed by atoms with Crippen LogP contribution < -0.4 is 15.5 Å². The Morgan fingerprint density at radius 2 is 1.80 bits per heavy atom. The highest BCUT2D eigenvalue weighted by Crippen LogP contribution is 2.29. The summed E-state index contributed by atoms with van der Waals surface area (Å²) in [5, 5.41) is 15.2. The molecular formula is C30H33N5O6. The predicted molar refractivity (Wildman–Crippen MR) is 153 cm³/mol. The molecule has 0 saturated carbocycles. The molecule has 214 valence electrons. The first kappa shape index (κ1) is 29.1. The van der Waals surface area contributed by atoms with Gasteiger partial charge in [0.2, 0.25) is 5.91 Å². The van der Waals surface area contributed by atoms with E-state index >= 15 is 0 Å². The highest BCUT2D eigenvalue weighted by Gasteiger charge is 2.24. The summed E-state index contributed by atoms with van der Waals surface area (Å²) in [5.41, 5.74) is 2.83. The van der Waals surface area contributed by atoms with Gasteiger partial charge in [0.1, 0.15) is 0 Å². The van der Waals surface area contributed by atoms with Crippen LogP contribution in [0.25, 0.3) is 0 Å². The minimum Gasteiger partial charge on any atom is -0.481 e. The van der Waals surface area contributed by atoms with Gasteiger partial charge >= 0.3 is 12.1 Å². The van der Waals surface area contributed by atoms with Gasteiger partial charge in [0.15, 0.2) is 0 Å². The molecule has 1 aliphatic rings. The van der Waals surface area contributed by atoms with Crippen molar-refractivity contribution < 1.29 is 29.0 Å². The van der Waals surface area contributed by atoms with Crippen LogP contribution in [0.4, 0.5) is 16.2 Å². The molecule has 2 aromatic carbocycles. The maximum atomic E-state index is 13.3. The van der Waals surface area contributed by atoms with Gasteiger partial charge in [0.25, 0.3) is 5.91 Å². The second kappa shape index (κ2) is 13.9. The number of hydrogen-bond acceptors (Lipinski definition) is 7. The topological polar surface area (TPSA) is 141 Å². The van der Waals surface area contributed by atoms with Crippen molar-refractivity contribution in [3.63, 3.8) is 0 Å². The molecule has 1 unspecified atom stereocenters. The van der Waals surface area contributed by atoms with Crippen LogP contribution in [-0.4, -0.2) is 72.2 Å². The maximum absolute atomic E-state index is 13.3. The van der Waals surface area contributed by atoms with E-state index in [4.69, 9.17) is 4.74 Å². The van der Waals surface area contributed by atoms with Crippen LogP contribution in [0.2, 0.25) is 0 Å². The number of ether oxygens (including phenoxy) is 1. The summed E-state index contributed by atoms with van der Waals surface area (Å²) in [4.78, 5) is 57.7. The van der Waals surface area contributed by atoms with Gasteiger partial charge < -0.3 is 30.3 Å². The van der Waals surface area contributed by atoms with Crippen LogP contribution in [0.1, 0.15) is 40.4 Å². The van der Waals surface area contributed by atoms with Crippen LogP contribution in [0.3, 0.4) is 0 Å². The van der Waals surface area contributed by atoms with Crippen LogP contribution in [0, 0.1) is 0 Å². The third kappa shape index (κ3) is 8.04. The number of carbonyl (C=O) groups excluding carboxylic acids is 3. The SMILES string of the molecule is COC(=O)N1CCCN(c2ccc(C(=O)NC(CC(=O)O)c3cccnc3)cc2NC(=O)Cc2ccccc2)CC1. The van der Waals surface area contributed by atoms with Crippen molar-refractivity contribution in [2.24, 2.45) is 0 Å². The molecule has 1 aromatic heterocycles. The zero-order chi connectivity index (χ0) is 29.2. The summed E-state index contributed by atoms with van der Waals surface area (Å²) in [6.45, 7) is 2.11. The van der Waals surface area contributed by atoms with Gasteiger partial charge in [-0.15, -0.1) is 0 Å². The number of benzene rings is 2. The number of hydrogen-bond donors (Lipinski definition) is 3.